The molecule has 1 aliphatic rings. The number of benzene rings is 2. The van der Waals surface area contributed by atoms with Crippen molar-refractivity contribution in [2.45, 2.75) is 29.5 Å². The van der Waals surface area contributed by atoms with E-state index in [4.69, 9.17) is 23.2 Å². The van der Waals surface area contributed by atoms with Crippen LogP contribution in [0.3, 0.4) is 0 Å². The number of amides is 1. The van der Waals surface area contributed by atoms with Gasteiger partial charge in [0.05, 0.1) is 10.7 Å². The van der Waals surface area contributed by atoms with Gasteiger partial charge in [-0.05, 0) is 54.6 Å². The third kappa shape index (κ3) is 5.00. The molecule has 4 rings (SSSR count). The van der Waals surface area contributed by atoms with Crippen molar-refractivity contribution < 1.29 is 18.0 Å². The van der Waals surface area contributed by atoms with Crippen LogP contribution in [-0.2, 0) is 14.8 Å². The molecule has 172 valence electrons. The first-order valence-corrected chi connectivity index (χ1v) is 13.3. The van der Waals surface area contributed by atoms with Crippen molar-refractivity contribution in [1.82, 2.24) is 4.31 Å². The maximum absolute atomic E-state index is 13.3. The molecule has 0 spiro atoms. The second kappa shape index (κ2) is 9.95. The molecule has 1 atom stereocenters. The Hall–Kier alpha value is -2.23. The van der Waals surface area contributed by atoms with Crippen LogP contribution in [0, 0.1) is 0 Å². The SMILES string of the molecule is O=C(c1ccccc1Cl)c1cc(Cl)ccc1NC(=O)C1CCCCN1S(=O)(=O)c1cccs1. The smallest absolute Gasteiger partial charge is 0.253 e. The van der Waals surface area contributed by atoms with Crippen LogP contribution in [0.4, 0.5) is 5.69 Å². The van der Waals surface area contributed by atoms with E-state index >= 15 is 0 Å². The Morgan fingerprint density at radius 3 is 2.52 bits per heavy atom. The van der Waals surface area contributed by atoms with Gasteiger partial charge in [0, 0.05) is 22.7 Å². The van der Waals surface area contributed by atoms with Crippen molar-refractivity contribution in [2.75, 3.05) is 11.9 Å². The zero-order valence-corrected chi connectivity index (χ0v) is 20.5. The number of piperidine rings is 1. The van der Waals surface area contributed by atoms with Gasteiger partial charge in [-0.3, -0.25) is 9.59 Å². The fraction of sp³-hybridized carbons (Fsp3) is 0.217. The lowest BCUT2D eigenvalue weighted by Gasteiger charge is -2.33. The Balaban J connectivity index is 1.64. The number of halogens is 2. The standard InChI is InChI=1S/C23H20Cl2N2O4S2/c24-15-10-11-19(17(14-15)22(28)16-6-1-2-7-18(16)25)26-23(29)20-8-3-4-12-27(20)33(30,31)21-9-5-13-32-21/h1-2,5-7,9-11,13-14,20H,3-4,8,12H2,(H,26,29). The number of rotatable bonds is 6. The Morgan fingerprint density at radius 2 is 1.79 bits per heavy atom. The van der Waals surface area contributed by atoms with Gasteiger partial charge in [0.2, 0.25) is 5.91 Å². The van der Waals surface area contributed by atoms with E-state index in [9.17, 15) is 18.0 Å². The topological polar surface area (TPSA) is 83.6 Å². The van der Waals surface area contributed by atoms with E-state index in [1.165, 1.54) is 22.5 Å². The summed E-state index contributed by atoms with van der Waals surface area (Å²) >= 11 is 13.4. The van der Waals surface area contributed by atoms with Crippen LogP contribution in [0.25, 0.3) is 0 Å². The summed E-state index contributed by atoms with van der Waals surface area (Å²) in [6.07, 6.45) is 1.78. The number of anilines is 1. The van der Waals surface area contributed by atoms with E-state index in [0.717, 1.165) is 17.8 Å². The third-order valence-corrected chi connectivity index (χ3v) is 9.26. The first kappa shape index (κ1) is 23.9. The van der Waals surface area contributed by atoms with Crippen molar-refractivity contribution in [1.29, 1.82) is 0 Å². The summed E-state index contributed by atoms with van der Waals surface area (Å²) in [6.45, 7) is 0.254. The van der Waals surface area contributed by atoms with Gasteiger partial charge in [-0.1, -0.05) is 47.8 Å². The van der Waals surface area contributed by atoms with Crippen LogP contribution in [0.1, 0.15) is 35.2 Å². The molecule has 6 nitrogen and oxygen atoms in total. The van der Waals surface area contributed by atoms with E-state index < -0.39 is 27.8 Å². The molecule has 33 heavy (non-hydrogen) atoms. The number of nitrogens with one attached hydrogen (secondary N) is 1. The maximum Gasteiger partial charge on any atom is 0.253 e. The molecule has 1 aliphatic heterocycles. The van der Waals surface area contributed by atoms with Crippen molar-refractivity contribution >= 4 is 61.9 Å². The summed E-state index contributed by atoms with van der Waals surface area (Å²) in [4.78, 5) is 26.5. The minimum Gasteiger partial charge on any atom is -0.324 e. The summed E-state index contributed by atoms with van der Waals surface area (Å²) < 4.78 is 27.7. The summed E-state index contributed by atoms with van der Waals surface area (Å²) in [5.41, 5.74) is 0.692. The van der Waals surface area contributed by atoms with Crippen molar-refractivity contribution in [3.63, 3.8) is 0 Å². The lowest BCUT2D eigenvalue weighted by Crippen LogP contribution is -2.49. The monoisotopic (exact) mass is 522 g/mol. The number of hydrogen-bond acceptors (Lipinski definition) is 5. The minimum atomic E-state index is -3.80. The molecule has 1 amide bonds. The number of carbonyl (C=O) groups is 2. The summed E-state index contributed by atoms with van der Waals surface area (Å²) in [5, 5.41) is 5.05. The lowest BCUT2D eigenvalue weighted by atomic mass is 10.0. The molecule has 1 N–H and O–H groups in total. The third-order valence-electron chi connectivity index (χ3n) is 5.42. The highest BCUT2D eigenvalue weighted by molar-refractivity contribution is 7.91. The number of ketones is 1. The predicted octanol–water partition coefficient (Wildman–Crippen LogP) is 5.47. The zero-order valence-electron chi connectivity index (χ0n) is 17.3. The number of nitrogens with zero attached hydrogens (tertiary/aromatic N) is 1. The van der Waals surface area contributed by atoms with Crippen molar-refractivity contribution in [3.05, 3.63) is 81.1 Å². The Morgan fingerprint density at radius 1 is 1.00 bits per heavy atom. The Bertz CT molecular complexity index is 1290. The highest BCUT2D eigenvalue weighted by Crippen LogP contribution is 2.30. The minimum absolute atomic E-state index is 0.174. The quantitative estimate of drug-likeness (QED) is 0.435. The molecule has 1 fully saturated rings. The lowest BCUT2D eigenvalue weighted by molar-refractivity contribution is -0.120. The molecule has 1 unspecified atom stereocenters. The van der Waals surface area contributed by atoms with Crippen LogP contribution in [0.5, 0.6) is 0 Å². The second-order valence-electron chi connectivity index (χ2n) is 7.55. The van der Waals surface area contributed by atoms with Gasteiger partial charge in [0.1, 0.15) is 10.3 Å². The van der Waals surface area contributed by atoms with Gasteiger partial charge < -0.3 is 5.32 Å². The van der Waals surface area contributed by atoms with Crippen molar-refractivity contribution in [3.8, 4) is 0 Å². The van der Waals surface area contributed by atoms with E-state index in [-0.39, 0.29) is 32.6 Å². The van der Waals surface area contributed by atoms with Gasteiger partial charge in [-0.25, -0.2) is 8.42 Å². The van der Waals surface area contributed by atoms with Gasteiger partial charge in [0.15, 0.2) is 5.78 Å². The van der Waals surface area contributed by atoms with Gasteiger partial charge in [-0.15, -0.1) is 11.3 Å². The van der Waals surface area contributed by atoms with Crippen LogP contribution in [-0.4, -0.2) is 37.0 Å². The number of hydrogen-bond donors (Lipinski definition) is 1. The summed E-state index contributed by atoms with van der Waals surface area (Å²) in [5.74, 6) is -0.893. The highest BCUT2D eigenvalue weighted by Gasteiger charge is 2.38. The van der Waals surface area contributed by atoms with Crippen LogP contribution < -0.4 is 5.32 Å². The fourth-order valence-electron chi connectivity index (χ4n) is 3.80. The fourth-order valence-corrected chi connectivity index (χ4v) is 6.97. The maximum atomic E-state index is 13.3. The van der Waals surface area contributed by atoms with Gasteiger partial charge in [0.25, 0.3) is 10.0 Å². The van der Waals surface area contributed by atoms with E-state index in [2.05, 4.69) is 5.32 Å². The molecule has 1 aromatic heterocycles. The zero-order chi connectivity index (χ0) is 23.6. The van der Waals surface area contributed by atoms with Crippen LogP contribution >= 0.6 is 34.5 Å². The molecular formula is C23H20Cl2N2O4S2. The molecular weight excluding hydrogens is 503 g/mol. The first-order valence-electron chi connectivity index (χ1n) is 10.2. The molecule has 0 bridgehead atoms. The predicted molar refractivity (Wildman–Crippen MR) is 131 cm³/mol. The first-order chi connectivity index (χ1) is 15.8. The molecule has 10 heteroatoms. The van der Waals surface area contributed by atoms with Gasteiger partial charge in [-0.2, -0.15) is 4.31 Å². The van der Waals surface area contributed by atoms with Crippen molar-refractivity contribution in [2.24, 2.45) is 0 Å². The summed E-state index contributed by atoms with van der Waals surface area (Å²) in [7, 11) is -3.80. The average molecular weight is 523 g/mol. The molecule has 0 saturated carbocycles. The Labute approximate surface area is 206 Å². The number of thiophene rings is 1. The average Bonchev–Trinajstić information content (AvgIpc) is 3.36. The normalized spacial score (nSPS) is 17.0. The molecule has 3 aromatic rings. The second-order valence-corrected chi connectivity index (χ2v) is 11.5. The molecule has 2 aromatic carbocycles. The Kier molecular flexibility index (Phi) is 7.21. The molecule has 1 saturated heterocycles. The number of carbonyl (C=O) groups excluding carboxylic acids is 2. The van der Waals surface area contributed by atoms with E-state index in [0.29, 0.717) is 17.9 Å². The molecule has 0 radical (unpaired) electrons. The summed E-state index contributed by atoms with van der Waals surface area (Å²) in [6, 6.07) is 13.5. The largest absolute Gasteiger partial charge is 0.324 e. The molecule has 2 heterocycles. The van der Waals surface area contributed by atoms with Crippen LogP contribution in [0.15, 0.2) is 64.2 Å². The van der Waals surface area contributed by atoms with E-state index in [1.807, 2.05) is 0 Å². The van der Waals surface area contributed by atoms with Crippen LogP contribution in [0.2, 0.25) is 10.0 Å². The number of sulfonamides is 1. The van der Waals surface area contributed by atoms with Gasteiger partial charge >= 0.3 is 0 Å². The highest BCUT2D eigenvalue weighted by atomic mass is 35.5. The molecule has 0 aliphatic carbocycles. The van der Waals surface area contributed by atoms with E-state index in [1.54, 1.807) is 41.8 Å².